The fourth-order valence-corrected chi connectivity index (χ4v) is 10.4. The van der Waals surface area contributed by atoms with E-state index in [1.54, 1.807) is 12.1 Å². The third-order valence-electron chi connectivity index (χ3n) is 13.5. The van der Waals surface area contributed by atoms with Gasteiger partial charge in [-0.3, -0.25) is 9.78 Å². The minimum Gasteiger partial charge on any atom is -0.493 e. The number of nitrogens with one attached hydrogen (secondary N) is 2. The largest absolute Gasteiger partial charge is 0.493 e. The number of pyridine rings is 1. The molecule has 1 aromatic heterocycles. The zero-order chi connectivity index (χ0) is 43.1. The Bertz CT molecular complexity index is 2170. The molecule has 0 radical (unpaired) electrons. The Morgan fingerprint density at radius 2 is 1.69 bits per heavy atom. The summed E-state index contributed by atoms with van der Waals surface area (Å²) in [5.41, 5.74) is 5.19. The lowest BCUT2D eigenvalue weighted by molar-refractivity contribution is -0.144. The van der Waals surface area contributed by atoms with Crippen LogP contribution < -0.4 is 20.1 Å². The predicted octanol–water partition coefficient (Wildman–Crippen LogP) is 9.81. The summed E-state index contributed by atoms with van der Waals surface area (Å²) in [6.07, 6.45) is 10.2. The molecule has 4 aromatic rings. The van der Waals surface area contributed by atoms with E-state index in [0.29, 0.717) is 67.5 Å². The minimum atomic E-state index is -1.14. The van der Waals surface area contributed by atoms with Crippen molar-refractivity contribution < 1.29 is 34.1 Å². The van der Waals surface area contributed by atoms with Crippen LogP contribution in [0.2, 0.25) is 5.02 Å². The van der Waals surface area contributed by atoms with Crippen molar-refractivity contribution in [2.24, 2.45) is 17.8 Å². The summed E-state index contributed by atoms with van der Waals surface area (Å²) < 4.78 is 13.0. The summed E-state index contributed by atoms with van der Waals surface area (Å²) in [7, 11) is 0. The topological polar surface area (TPSA) is 147 Å². The summed E-state index contributed by atoms with van der Waals surface area (Å²) in [4.78, 5) is 42.8. The van der Waals surface area contributed by atoms with Crippen molar-refractivity contribution in [2.45, 2.75) is 121 Å². The van der Waals surface area contributed by atoms with Crippen molar-refractivity contribution in [3.8, 4) is 11.5 Å². The van der Waals surface area contributed by atoms with Gasteiger partial charge in [-0.15, -0.1) is 0 Å². The van der Waals surface area contributed by atoms with Crippen molar-refractivity contribution in [1.82, 2.24) is 10.3 Å². The summed E-state index contributed by atoms with van der Waals surface area (Å²) in [5.74, 6) is 0.184. The number of aliphatic carboxylic acids is 2. The quantitative estimate of drug-likeness (QED) is 0.0769. The van der Waals surface area contributed by atoms with Crippen LogP contribution in [-0.2, 0) is 39.1 Å². The fraction of sp³-hybridized carbons (Fsp3) is 0.480. The molecule has 5 atom stereocenters. The Morgan fingerprint density at radius 1 is 0.918 bits per heavy atom. The second-order valence-electron chi connectivity index (χ2n) is 18.1. The van der Waals surface area contributed by atoms with Crippen LogP contribution in [0.3, 0.4) is 0 Å². The number of rotatable bonds is 18. The third kappa shape index (κ3) is 10.3. The molecule has 11 heteroatoms. The van der Waals surface area contributed by atoms with Crippen molar-refractivity contribution in [3.05, 3.63) is 118 Å². The van der Waals surface area contributed by atoms with Gasteiger partial charge >= 0.3 is 11.9 Å². The number of aryl methyl sites for hydroxylation is 2. The van der Waals surface area contributed by atoms with Gasteiger partial charge in [0.25, 0.3) is 0 Å². The summed E-state index contributed by atoms with van der Waals surface area (Å²) in [6.45, 7) is 7.31. The molecule has 10 nitrogen and oxygen atoms in total. The molecule has 1 fully saturated rings. The molecule has 0 saturated heterocycles. The zero-order valence-electron chi connectivity index (χ0n) is 35.6. The van der Waals surface area contributed by atoms with Crippen LogP contribution in [0.4, 0.5) is 5.69 Å². The number of fused-ring (bicyclic) bond motifs is 3. The van der Waals surface area contributed by atoms with Crippen molar-refractivity contribution in [2.75, 3.05) is 18.5 Å². The van der Waals surface area contributed by atoms with Gasteiger partial charge in [0.2, 0.25) is 5.91 Å². The Hall–Kier alpha value is -5.09. The van der Waals surface area contributed by atoms with Gasteiger partial charge in [0, 0.05) is 34.6 Å². The van der Waals surface area contributed by atoms with Crippen molar-refractivity contribution >= 4 is 35.1 Å². The Balaban J connectivity index is 1.04. The van der Waals surface area contributed by atoms with Gasteiger partial charge < -0.3 is 30.3 Å². The number of aromatic nitrogens is 1. The third-order valence-corrected chi connectivity index (χ3v) is 13.8. The summed E-state index contributed by atoms with van der Waals surface area (Å²) in [5, 5.41) is 27.2. The maximum absolute atomic E-state index is 13.1. The molecule has 324 valence electrons. The monoisotopic (exact) mass is 849 g/mol. The van der Waals surface area contributed by atoms with E-state index < -0.39 is 23.5 Å². The van der Waals surface area contributed by atoms with Gasteiger partial charge in [0.15, 0.2) is 0 Å². The van der Waals surface area contributed by atoms with Gasteiger partial charge in [-0.1, -0.05) is 74.8 Å². The standard InChI is InChI=1S/C50H60ClN3O7/c1-32(31-61-44-19-24-52-42-14-7-9-34(3)46(42)44)25-37-27-36-16-17-40(60-30-33(2)26-45(55)53-43(47(56)57)18-15-35-10-5-4-6-11-35)29-41(36)49(37)20-22-50(23-21-49,48(58)59)54-39-13-8-12-38(51)28-39/h4-6,8,10-13,16-17,19,24,28-29,32-34,37,43,54H,7,9,14-15,18,20-23,25-27,30-31H2,1-3H3,(H,53,55)(H,56,57)(H,58,59)/t32-,33?,34-,37?,43+,49?,50?/m1/s1. The van der Waals surface area contributed by atoms with E-state index in [0.717, 1.165) is 49.1 Å². The van der Waals surface area contributed by atoms with E-state index in [2.05, 4.69) is 41.6 Å². The molecule has 1 heterocycles. The van der Waals surface area contributed by atoms with E-state index in [9.17, 15) is 24.6 Å². The van der Waals surface area contributed by atoms with Crippen LogP contribution in [0, 0.1) is 17.8 Å². The van der Waals surface area contributed by atoms with Gasteiger partial charge in [-0.05, 0) is 153 Å². The highest BCUT2D eigenvalue weighted by Crippen LogP contribution is 2.57. The molecule has 3 aromatic carbocycles. The van der Waals surface area contributed by atoms with Crippen LogP contribution in [-0.4, -0.2) is 57.8 Å². The summed E-state index contributed by atoms with van der Waals surface area (Å²) in [6, 6.07) is 24.2. The highest BCUT2D eigenvalue weighted by atomic mass is 35.5. The van der Waals surface area contributed by atoms with Gasteiger partial charge in [0.1, 0.15) is 23.1 Å². The molecule has 1 amide bonds. The first-order chi connectivity index (χ1) is 29.3. The summed E-state index contributed by atoms with van der Waals surface area (Å²) >= 11 is 6.31. The number of carboxylic acid groups (broad SMARTS) is 2. The lowest BCUT2D eigenvalue weighted by Crippen LogP contribution is -2.53. The second kappa shape index (κ2) is 19.3. The SMILES string of the molecule is CC(COc1ccc2c(c1)C1(CCC(Nc3cccc(Cl)c3)(C(=O)O)CC1)C(C[C@@H](C)COc1ccnc3c1[C@H](C)CCC3)C2)CC(=O)N[C@@H](CCc1ccccc1)C(=O)O. The number of nitrogens with zero attached hydrogens (tertiary/aromatic N) is 1. The van der Waals surface area contributed by atoms with E-state index >= 15 is 0 Å². The number of amides is 1. The Morgan fingerprint density at radius 3 is 2.43 bits per heavy atom. The lowest BCUT2D eigenvalue weighted by Gasteiger charge is -2.47. The number of ether oxygens (including phenoxy) is 2. The van der Waals surface area contributed by atoms with Gasteiger partial charge in [-0.25, -0.2) is 9.59 Å². The molecule has 0 aliphatic heterocycles. The number of hydrogen-bond acceptors (Lipinski definition) is 7. The molecule has 0 bridgehead atoms. The lowest BCUT2D eigenvalue weighted by atomic mass is 9.59. The number of carboxylic acids is 2. The number of benzene rings is 3. The number of carbonyl (C=O) groups excluding carboxylic acids is 1. The predicted molar refractivity (Wildman–Crippen MR) is 238 cm³/mol. The average Bonchev–Trinajstić information content (AvgIpc) is 3.52. The van der Waals surface area contributed by atoms with Crippen molar-refractivity contribution in [1.29, 1.82) is 0 Å². The molecule has 2 unspecified atom stereocenters. The molecular weight excluding hydrogens is 790 g/mol. The minimum absolute atomic E-state index is 0.129. The molecule has 3 aliphatic rings. The van der Waals surface area contributed by atoms with E-state index in [4.69, 9.17) is 21.1 Å². The van der Waals surface area contributed by atoms with E-state index in [1.807, 2.05) is 67.7 Å². The highest BCUT2D eigenvalue weighted by Gasteiger charge is 2.54. The van der Waals surface area contributed by atoms with Crippen LogP contribution >= 0.6 is 11.6 Å². The average molecular weight is 850 g/mol. The van der Waals surface area contributed by atoms with E-state index in [-0.39, 0.29) is 42.1 Å². The van der Waals surface area contributed by atoms with E-state index in [1.165, 1.54) is 16.7 Å². The van der Waals surface area contributed by atoms with Crippen LogP contribution in [0.1, 0.15) is 112 Å². The number of halogens is 1. The Labute approximate surface area is 364 Å². The molecule has 4 N–H and O–H groups in total. The smallest absolute Gasteiger partial charge is 0.329 e. The number of anilines is 1. The second-order valence-corrected chi connectivity index (χ2v) is 18.6. The highest BCUT2D eigenvalue weighted by molar-refractivity contribution is 6.30. The maximum atomic E-state index is 13.1. The number of carbonyl (C=O) groups is 3. The fourth-order valence-electron chi connectivity index (χ4n) is 10.2. The molecule has 61 heavy (non-hydrogen) atoms. The first-order valence-electron chi connectivity index (χ1n) is 22.0. The van der Waals surface area contributed by atoms with Crippen molar-refractivity contribution in [3.63, 3.8) is 0 Å². The Kier molecular flexibility index (Phi) is 13.9. The first kappa shape index (κ1) is 44.0. The zero-order valence-corrected chi connectivity index (χ0v) is 36.4. The molecular formula is C50H60ClN3O7. The molecule has 7 rings (SSSR count). The maximum Gasteiger partial charge on any atom is 0.329 e. The van der Waals surface area contributed by atoms with Crippen LogP contribution in [0.25, 0.3) is 0 Å². The van der Waals surface area contributed by atoms with Crippen LogP contribution in [0.15, 0.2) is 85.1 Å². The number of hydrogen-bond donors (Lipinski definition) is 4. The first-order valence-corrected chi connectivity index (χ1v) is 22.4. The molecule has 1 spiro atoms. The van der Waals surface area contributed by atoms with Crippen LogP contribution in [0.5, 0.6) is 11.5 Å². The molecule has 3 aliphatic carbocycles. The molecule has 1 saturated carbocycles. The van der Waals surface area contributed by atoms with Gasteiger partial charge in [0.05, 0.1) is 13.2 Å². The normalized spacial score (nSPS) is 23.2. The van der Waals surface area contributed by atoms with Gasteiger partial charge in [-0.2, -0.15) is 0 Å².